The summed E-state index contributed by atoms with van der Waals surface area (Å²) in [5, 5.41) is 6.27. The van der Waals surface area contributed by atoms with Crippen molar-refractivity contribution in [1.29, 1.82) is 0 Å². The zero-order valence-corrected chi connectivity index (χ0v) is 18.2. The zero-order valence-electron chi connectivity index (χ0n) is 18.2. The largest absolute Gasteiger partial charge is 0.367 e. The van der Waals surface area contributed by atoms with Gasteiger partial charge in [0.15, 0.2) is 11.5 Å². The molecule has 0 aliphatic carbocycles. The Kier molecular flexibility index (Phi) is 5.15. The van der Waals surface area contributed by atoms with Crippen molar-refractivity contribution in [2.45, 2.75) is 25.9 Å². The Bertz CT molecular complexity index is 1410. The number of fused-ring (bicyclic) bond motifs is 2. The monoisotopic (exact) mass is 443 g/mol. The number of amides is 1. The van der Waals surface area contributed by atoms with E-state index in [0.717, 1.165) is 18.8 Å². The van der Waals surface area contributed by atoms with Gasteiger partial charge in [-0.15, -0.1) is 6.42 Å². The van der Waals surface area contributed by atoms with Crippen LogP contribution < -0.4 is 15.5 Å². The highest BCUT2D eigenvalue weighted by Gasteiger charge is 2.24. The van der Waals surface area contributed by atoms with Crippen LogP contribution in [0.3, 0.4) is 0 Å². The summed E-state index contributed by atoms with van der Waals surface area (Å²) >= 11 is 0. The SMILES string of the molecule is C#Cc1cn2cc(NC(=O)c3ccc(N4C[C@H](C)N[C@@H](C)C4)c4nccnc34)cc(F)c2n1. The van der Waals surface area contributed by atoms with Gasteiger partial charge < -0.3 is 19.9 Å². The minimum absolute atomic E-state index is 0.0982. The number of aromatic nitrogens is 4. The topological polar surface area (TPSA) is 87.5 Å². The maximum Gasteiger partial charge on any atom is 0.257 e. The van der Waals surface area contributed by atoms with Crippen LogP contribution >= 0.6 is 0 Å². The number of hydrogen-bond acceptors (Lipinski definition) is 6. The van der Waals surface area contributed by atoms with Gasteiger partial charge in [-0.1, -0.05) is 0 Å². The van der Waals surface area contributed by atoms with Crippen molar-refractivity contribution in [3.8, 4) is 12.3 Å². The molecule has 166 valence electrons. The van der Waals surface area contributed by atoms with Crippen molar-refractivity contribution in [2.24, 2.45) is 0 Å². The van der Waals surface area contributed by atoms with Crippen LogP contribution in [-0.4, -0.2) is 50.4 Å². The maximum atomic E-state index is 14.5. The van der Waals surface area contributed by atoms with Crippen LogP contribution in [0.1, 0.15) is 29.9 Å². The Morgan fingerprint density at radius 3 is 2.64 bits per heavy atom. The smallest absolute Gasteiger partial charge is 0.257 e. The fourth-order valence-corrected chi connectivity index (χ4v) is 4.40. The molecular weight excluding hydrogens is 421 g/mol. The van der Waals surface area contributed by atoms with E-state index in [4.69, 9.17) is 6.42 Å². The molecule has 0 saturated carbocycles. The number of benzene rings is 1. The van der Waals surface area contributed by atoms with Crippen molar-refractivity contribution >= 4 is 34.0 Å². The number of imidazole rings is 1. The Morgan fingerprint density at radius 1 is 1.18 bits per heavy atom. The number of pyridine rings is 1. The molecule has 0 bridgehead atoms. The molecule has 8 nitrogen and oxygen atoms in total. The van der Waals surface area contributed by atoms with Crippen molar-refractivity contribution in [3.05, 3.63) is 60.1 Å². The van der Waals surface area contributed by atoms with Crippen molar-refractivity contribution in [1.82, 2.24) is 24.7 Å². The van der Waals surface area contributed by atoms with Crippen LogP contribution in [0.25, 0.3) is 16.7 Å². The first kappa shape index (κ1) is 20.8. The maximum absolute atomic E-state index is 14.5. The lowest BCUT2D eigenvalue weighted by atomic mass is 10.1. The fraction of sp³-hybridized carbons (Fsp3) is 0.250. The Hall–Kier alpha value is -4.03. The molecule has 4 heterocycles. The first-order chi connectivity index (χ1) is 15.9. The second-order valence-corrected chi connectivity index (χ2v) is 8.29. The molecule has 1 amide bonds. The predicted octanol–water partition coefficient (Wildman–Crippen LogP) is 2.84. The molecule has 9 heteroatoms. The number of carbonyl (C=O) groups is 1. The molecule has 3 aromatic heterocycles. The summed E-state index contributed by atoms with van der Waals surface area (Å²) in [4.78, 5) is 28.4. The van der Waals surface area contributed by atoms with Gasteiger partial charge in [-0.05, 0) is 31.9 Å². The lowest BCUT2D eigenvalue weighted by Gasteiger charge is -2.38. The van der Waals surface area contributed by atoms with Gasteiger partial charge in [-0.2, -0.15) is 0 Å². The van der Waals surface area contributed by atoms with Crippen LogP contribution in [0.5, 0.6) is 0 Å². The molecule has 1 aromatic carbocycles. The van der Waals surface area contributed by atoms with E-state index in [1.807, 2.05) is 6.07 Å². The van der Waals surface area contributed by atoms with Crippen LogP contribution in [0.4, 0.5) is 15.8 Å². The molecule has 4 aromatic rings. The summed E-state index contributed by atoms with van der Waals surface area (Å²) in [5.41, 5.74) is 3.12. The minimum Gasteiger partial charge on any atom is -0.367 e. The quantitative estimate of drug-likeness (QED) is 0.474. The highest BCUT2D eigenvalue weighted by atomic mass is 19.1. The van der Waals surface area contributed by atoms with Crippen molar-refractivity contribution in [2.75, 3.05) is 23.3 Å². The molecule has 0 spiro atoms. The third-order valence-corrected chi connectivity index (χ3v) is 5.66. The Morgan fingerprint density at radius 2 is 1.91 bits per heavy atom. The van der Waals surface area contributed by atoms with Crippen LogP contribution in [0, 0.1) is 18.2 Å². The fourth-order valence-electron chi connectivity index (χ4n) is 4.40. The van der Waals surface area contributed by atoms with Gasteiger partial charge in [0.1, 0.15) is 16.7 Å². The summed E-state index contributed by atoms with van der Waals surface area (Å²) < 4.78 is 15.9. The first-order valence-electron chi connectivity index (χ1n) is 10.6. The molecule has 2 N–H and O–H groups in total. The van der Waals surface area contributed by atoms with E-state index in [1.54, 1.807) is 24.7 Å². The molecule has 1 saturated heterocycles. The minimum atomic E-state index is -0.587. The van der Waals surface area contributed by atoms with E-state index >= 15 is 0 Å². The third kappa shape index (κ3) is 3.85. The average molecular weight is 443 g/mol. The lowest BCUT2D eigenvalue weighted by Crippen LogP contribution is -2.54. The highest BCUT2D eigenvalue weighted by Crippen LogP contribution is 2.29. The van der Waals surface area contributed by atoms with Gasteiger partial charge in [0, 0.05) is 56.0 Å². The molecule has 33 heavy (non-hydrogen) atoms. The summed E-state index contributed by atoms with van der Waals surface area (Å²) in [6, 6.07) is 5.50. The van der Waals surface area contributed by atoms with Crippen LogP contribution in [-0.2, 0) is 0 Å². The average Bonchev–Trinajstić information content (AvgIpc) is 3.21. The molecule has 1 aliphatic rings. The lowest BCUT2D eigenvalue weighted by molar-refractivity contribution is 0.102. The van der Waals surface area contributed by atoms with Gasteiger partial charge in [-0.25, -0.2) is 9.37 Å². The Balaban J connectivity index is 1.50. The van der Waals surface area contributed by atoms with Gasteiger partial charge in [0.05, 0.1) is 16.9 Å². The number of hydrogen-bond donors (Lipinski definition) is 2. The summed E-state index contributed by atoms with van der Waals surface area (Å²) in [6.45, 7) is 5.93. The van der Waals surface area contributed by atoms with E-state index in [0.29, 0.717) is 34.4 Å². The molecule has 1 fully saturated rings. The second kappa shape index (κ2) is 8.15. The summed E-state index contributed by atoms with van der Waals surface area (Å²) in [7, 11) is 0. The van der Waals surface area contributed by atoms with E-state index in [1.165, 1.54) is 16.7 Å². The molecular formula is C24H22FN7O. The predicted molar refractivity (Wildman–Crippen MR) is 125 cm³/mol. The van der Waals surface area contributed by atoms with E-state index in [9.17, 15) is 9.18 Å². The number of nitrogens with zero attached hydrogens (tertiary/aromatic N) is 5. The van der Waals surface area contributed by atoms with E-state index < -0.39 is 11.7 Å². The second-order valence-electron chi connectivity index (χ2n) is 8.29. The third-order valence-electron chi connectivity index (χ3n) is 5.66. The number of carbonyl (C=O) groups excluding carboxylic acids is 1. The number of halogens is 1. The van der Waals surface area contributed by atoms with E-state index in [-0.39, 0.29) is 11.3 Å². The number of anilines is 2. The van der Waals surface area contributed by atoms with Gasteiger partial charge in [0.2, 0.25) is 0 Å². The van der Waals surface area contributed by atoms with Gasteiger partial charge in [0.25, 0.3) is 5.91 Å². The first-order valence-corrected chi connectivity index (χ1v) is 10.6. The number of rotatable bonds is 3. The molecule has 5 rings (SSSR count). The van der Waals surface area contributed by atoms with Crippen LogP contribution in [0.2, 0.25) is 0 Å². The molecule has 2 atom stereocenters. The van der Waals surface area contributed by atoms with Crippen molar-refractivity contribution in [3.63, 3.8) is 0 Å². The van der Waals surface area contributed by atoms with Crippen molar-refractivity contribution < 1.29 is 9.18 Å². The molecule has 1 aliphatic heterocycles. The molecule has 0 unspecified atom stereocenters. The standard InChI is InChI=1S/C24H22FN7O/c1-4-16-12-32-13-17(9-19(25)23(32)29-16)30-24(33)18-5-6-20(22-21(18)26-7-8-27-22)31-10-14(2)28-15(3)11-31/h1,5-9,12-15,28H,10-11H2,2-3H3,(H,30,33)/t14-,15-/m0/s1. The summed E-state index contributed by atoms with van der Waals surface area (Å²) in [5.74, 6) is 1.38. The summed E-state index contributed by atoms with van der Waals surface area (Å²) in [6.07, 6.45) is 11.6. The number of piperazine rings is 1. The Labute approximate surface area is 189 Å². The van der Waals surface area contributed by atoms with Crippen LogP contribution in [0.15, 0.2) is 43.0 Å². The van der Waals surface area contributed by atoms with Gasteiger partial charge >= 0.3 is 0 Å². The normalized spacial score (nSPS) is 18.4. The number of nitrogens with one attached hydrogen (secondary N) is 2. The molecule has 0 radical (unpaired) electrons. The van der Waals surface area contributed by atoms with Gasteiger partial charge in [-0.3, -0.25) is 14.8 Å². The zero-order chi connectivity index (χ0) is 23.1. The van der Waals surface area contributed by atoms with E-state index in [2.05, 4.69) is 50.3 Å². The number of terminal acetylenes is 1. The highest BCUT2D eigenvalue weighted by molar-refractivity contribution is 6.13.